The van der Waals surface area contributed by atoms with Gasteiger partial charge in [-0.1, -0.05) is 0 Å². The van der Waals surface area contributed by atoms with Crippen LogP contribution in [0.5, 0.6) is 0 Å². The van der Waals surface area contributed by atoms with Crippen LogP contribution in [0.15, 0.2) is 0 Å². The van der Waals surface area contributed by atoms with E-state index in [-0.39, 0.29) is 24.2 Å². The molecule has 0 unspecified atom stereocenters. The summed E-state index contributed by atoms with van der Waals surface area (Å²) in [5.41, 5.74) is 0. The van der Waals surface area contributed by atoms with E-state index < -0.39 is 10.1 Å². The van der Waals surface area contributed by atoms with Gasteiger partial charge in [0.05, 0.1) is 18.5 Å². The number of hydrogen-bond acceptors (Lipinski definition) is 5. The summed E-state index contributed by atoms with van der Waals surface area (Å²) >= 11 is 0. The van der Waals surface area contributed by atoms with Gasteiger partial charge in [-0.05, 0) is 39.5 Å². The highest BCUT2D eigenvalue weighted by molar-refractivity contribution is 7.86. The molecule has 0 aliphatic carbocycles. The number of carbonyl (C=O) groups excluding carboxylic acids is 1. The Balaban J connectivity index is 2.42. The lowest BCUT2D eigenvalue weighted by molar-refractivity contribution is 0.0507. The molecular formula is C12H23NO5S. The lowest BCUT2D eigenvalue weighted by Gasteiger charge is -2.34. The van der Waals surface area contributed by atoms with Crippen molar-refractivity contribution < 1.29 is 22.1 Å². The first-order valence-corrected chi connectivity index (χ1v) is 8.34. The summed E-state index contributed by atoms with van der Waals surface area (Å²) in [5, 5.41) is 0. The summed E-state index contributed by atoms with van der Waals surface area (Å²) in [6, 6.07) is 0. The standard InChI is InChI=1S/C12H23NO5S/c1-9(2)17-12(14)13-7-5-11(6-8-13)10(3)18-19(4,15)16/h9-11H,5-8H2,1-4H3/t10-/m0/s1. The normalized spacial score (nSPS) is 19.5. The first-order chi connectivity index (χ1) is 8.69. The summed E-state index contributed by atoms with van der Waals surface area (Å²) in [4.78, 5) is 13.3. The van der Waals surface area contributed by atoms with E-state index >= 15 is 0 Å². The fourth-order valence-electron chi connectivity index (χ4n) is 2.18. The minimum Gasteiger partial charge on any atom is -0.447 e. The SMILES string of the molecule is CC(C)OC(=O)N1CCC([C@H](C)OS(C)(=O)=O)CC1. The maximum absolute atomic E-state index is 11.7. The van der Waals surface area contributed by atoms with E-state index in [1.54, 1.807) is 11.8 Å². The van der Waals surface area contributed by atoms with E-state index in [2.05, 4.69) is 0 Å². The van der Waals surface area contributed by atoms with Crippen LogP contribution in [0.2, 0.25) is 0 Å². The molecule has 0 aromatic rings. The molecule has 0 bridgehead atoms. The summed E-state index contributed by atoms with van der Waals surface area (Å²) in [6.07, 6.45) is 1.73. The highest BCUT2D eigenvalue weighted by Gasteiger charge is 2.29. The van der Waals surface area contributed by atoms with Crippen molar-refractivity contribution in [1.29, 1.82) is 0 Å². The van der Waals surface area contributed by atoms with E-state index in [1.165, 1.54) is 0 Å². The molecule has 1 amide bonds. The predicted molar refractivity (Wildman–Crippen MR) is 71.3 cm³/mol. The third-order valence-corrected chi connectivity index (χ3v) is 3.78. The van der Waals surface area contributed by atoms with Crippen molar-refractivity contribution in [2.24, 2.45) is 5.92 Å². The molecule has 1 aliphatic rings. The Morgan fingerprint density at radius 2 is 1.74 bits per heavy atom. The molecule has 0 spiro atoms. The maximum atomic E-state index is 11.7. The van der Waals surface area contributed by atoms with Gasteiger partial charge in [-0.2, -0.15) is 8.42 Å². The molecule has 1 aliphatic heterocycles. The molecule has 1 heterocycles. The Bertz CT molecular complexity index is 398. The van der Waals surface area contributed by atoms with Crippen LogP contribution >= 0.6 is 0 Å². The Morgan fingerprint density at radius 1 is 1.21 bits per heavy atom. The molecule has 7 heteroatoms. The third kappa shape index (κ3) is 5.78. The smallest absolute Gasteiger partial charge is 0.410 e. The third-order valence-electron chi connectivity index (χ3n) is 3.12. The average Bonchev–Trinajstić information content (AvgIpc) is 2.26. The summed E-state index contributed by atoms with van der Waals surface area (Å²) in [7, 11) is -3.42. The zero-order valence-corrected chi connectivity index (χ0v) is 12.8. The van der Waals surface area contributed by atoms with Crippen LogP contribution in [0.4, 0.5) is 4.79 Å². The minimum absolute atomic E-state index is 0.127. The topological polar surface area (TPSA) is 72.9 Å². The van der Waals surface area contributed by atoms with Gasteiger partial charge in [-0.15, -0.1) is 0 Å². The number of carbonyl (C=O) groups is 1. The Labute approximate surface area is 115 Å². The number of piperidine rings is 1. The van der Waals surface area contributed by atoms with E-state index in [1.807, 2.05) is 13.8 Å². The second kappa shape index (κ2) is 6.56. The van der Waals surface area contributed by atoms with Crippen molar-refractivity contribution in [3.05, 3.63) is 0 Å². The van der Waals surface area contributed by atoms with Gasteiger partial charge in [0.25, 0.3) is 10.1 Å². The molecule has 19 heavy (non-hydrogen) atoms. The Hall–Kier alpha value is -0.820. The molecule has 112 valence electrons. The van der Waals surface area contributed by atoms with Crippen molar-refractivity contribution in [3.63, 3.8) is 0 Å². The number of hydrogen-bond donors (Lipinski definition) is 0. The van der Waals surface area contributed by atoms with Crippen molar-refractivity contribution in [3.8, 4) is 0 Å². The Morgan fingerprint density at radius 3 is 2.16 bits per heavy atom. The predicted octanol–water partition coefficient (Wildman–Crippen LogP) is 1.61. The fraction of sp³-hybridized carbons (Fsp3) is 0.917. The molecule has 0 N–H and O–H groups in total. The van der Waals surface area contributed by atoms with Crippen LogP contribution in [0, 0.1) is 5.92 Å². The van der Waals surface area contributed by atoms with E-state index in [0.717, 1.165) is 19.1 Å². The number of ether oxygens (including phenoxy) is 1. The molecule has 1 saturated heterocycles. The van der Waals surface area contributed by atoms with Gasteiger partial charge in [-0.25, -0.2) is 4.79 Å². The summed E-state index contributed by atoms with van der Waals surface area (Å²) in [5.74, 6) is 0.151. The number of rotatable bonds is 4. The fourth-order valence-corrected chi connectivity index (χ4v) is 2.89. The summed E-state index contributed by atoms with van der Waals surface area (Å²) < 4.78 is 32.2. The van der Waals surface area contributed by atoms with Crippen LogP contribution in [0.1, 0.15) is 33.6 Å². The van der Waals surface area contributed by atoms with Gasteiger partial charge in [0.15, 0.2) is 0 Å². The second-order valence-electron chi connectivity index (χ2n) is 5.26. The molecule has 0 aromatic heterocycles. The van der Waals surface area contributed by atoms with Gasteiger partial charge < -0.3 is 9.64 Å². The van der Waals surface area contributed by atoms with Crippen LogP contribution in [0.25, 0.3) is 0 Å². The molecule has 0 aromatic carbocycles. The molecular weight excluding hydrogens is 270 g/mol. The van der Waals surface area contributed by atoms with Crippen LogP contribution < -0.4 is 0 Å². The van der Waals surface area contributed by atoms with Crippen LogP contribution in [0.3, 0.4) is 0 Å². The van der Waals surface area contributed by atoms with Gasteiger partial charge in [0.2, 0.25) is 0 Å². The molecule has 0 saturated carbocycles. The second-order valence-corrected chi connectivity index (χ2v) is 6.86. The quantitative estimate of drug-likeness (QED) is 0.736. The summed E-state index contributed by atoms with van der Waals surface area (Å²) in [6.45, 7) is 6.54. The van der Waals surface area contributed by atoms with Crippen molar-refractivity contribution >= 4 is 16.2 Å². The van der Waals surface area contributed by atoms with Crippen LogP contribution in [-0.2, 0) is 19.0 Å². The average molecular weight is 293 g/mol. The number of nitrogens with zero attached hydrogens (tertiary/aromatic N) is 1. The monoisotopic (exact) mass is 293 g/mol. The number of likely N-dealkylation sites (tertiary alicyclic amines) is 1. The van der Waals surface area contributed by atoms with Crippen molar-refractivity contribution in [2.45, 2.75) is 45.8 Å². The maximum Gasteiger partial charge on any atom is 0.410 e. The highest BCUT2D eigenvalue weighted by atomic mass is 32.2. The molecule has 1 rings (SSSR count). The largest absolute Gasteiger partial charge is 0.447 e. The van der Waals surface area contributed by atoms with E-state index in [9.17, 15) is 13.2 Å². The zero-order valence-electron chi connectivity index (χ0n) is 12.0. The van der Waals surface area contributed by atoms with Gasteiger partial charge in [0.1, 0.15) is 0 Å². The van der Waals surface area contributed by atoms with Gasteiger partial charge in [-0.3, -0.25) is 4.18 Å². The minimum atomic E-state index is -3.42. The Kier molecular flexibility index (Phi) is 5.61. The molecule has 0 radical (unpaired) electrons. The van der Waals surface area contributed by atoms with Gasteiger partial charge in [0, 0.05) is 13.1 Å². The van der Waals surface area contributed by atoms with Crippen molar-refractivity contribution in [1.82, 2.24) is 4.90 Å². The van der Waals surface area contributed by atoms with Gasteiger partial charge >= 0.3 is 6.09 Å². The van der Waals surface area contributed by atoms with E-state index in [0.29, 0.717) is 13.1 Å². The highest BCUT2D eigenvalue weighted by Crippen LogP contribution is 2.24. The lowest BCUT2D eigenvalue weighted by Crippen LogP contribution is -2.42. The molecule has 6 nitrogen and oxygen atoms in total. The first-order valence-electron chi connectivity index (χ1n) is 6.53. The van der Waals surface area contributed by atoms with Crippen molar-refractivity contribution in [2.75, 3.05) is 19.3 Å². The lowest BCUT2D eigenvalue weighted by atomic mass is 9.92. The number of amides is 1. The zero-order chi connectivity index (χ0) is 14.6. The van der Waals surface area contributed by atoms with Crippen LogP contribution in [-0.4, -0.2) is 51.0 Å². The van der Waals surface area contributed by atoms with E-state index in [4.69, 9.17) is 8.92 Å². The molecule has 1 fully saturated rings. The molecule has 1 atom stereocenters. The first kappa shape index (κ1) is 16.2.